The minimum atomic E-state index is -7.05. The van der Waals surface area contributed by atoms with Crippen molar-refractivity contribution in [3.05, 3.63) is 64.3 Å². The SMILES string of the molecule is O=C(Nc1c(Br)cc(C(F)(C(F)(F)F)C(F)(F)C(F)(F)F)cc1OC(F)F)c1ccc2cccnc2c1. The fraction of sp³-hybridized carbons (Fsp3) is 0.238. The highest BCUT2D eigenvalue weighted by atomic mass is 79.9. The lowest BCUT2D eigenvalue weighted by atomic mass is 9.87. The van der Waals surface area contributed by atoms with Gasteiger partial charge in [-0.05, 0) is 46.3 Å². The molecule has 1 heterocycles. The summed E-state index contributed by atoms with van der Waals surface area (Å²) < 4.78 is 150. The summed E-state index contributed by atoms with van der Waals surface area (Å²) in [6, 6.07) is 6.55. The molecule has 0 fully saturated rings. The maximum absolute atomic E-state index is 14.9. The molecule has 1 N–H and O–H groups in total. The molecule has 0 saturated heterocycles. The lowest BCUT2D eigenvalue weighted by Gasteiger charge is -2.36. The summed E-state index contributed by atoms with van der Waals surface area (Å²) in [5.41, 5.74) is -9.61. The maximum atomic E-state index is 14.9. The van der Waals surface area contributed by atoms with Crippen LogP contribution < -0.4 is 10.1 Å². The Kier molecular flexibility index (Phi) is 7.38. The number of carbonyl (C=O) groups excluding carboxylic acids is 1. The number of benzene rings is 2. The molecule has 3 aromatic rings. The van der Waals surface area contributed by atoms with Crippen LogP contribution in [0, 0.1) is 0 Å². The Hall–Kier alpha value is -3.17. The first-order valence-electron chi connectivity index (χ1n) is 9.55. The van der Waals surface area contributed by atoms with Crippen LogP contribution in [0.15, 0.2) is 53.1 Å². The monoisotopic (exact) mass is 610 g/mol. The second-order valence-corrected chi connectivity index (χ2v) is 8.16. The van der Waals surface area contributed by atoms with Gasteiger partial charge in [0.2, 0.25) is 0 Å². The molecule has 0 radical (unpaired) electrons. The van der Waals surface area contributed by atoms with Gasteiger partial charge in [0.1, 0.15) is 0 Å². The highest BCUT2D eigenvalue weighted by Gasteiger charge is 2.81. The fourth-order valence-corrected chi connectivity index (χ4v) is 3.74. The van der Waals surface area contributed by atoms with Crippen molar-refractivity contribution in [2.24, 2.45) is 0 Å². The molecule has 200 valence electrons. The van der Waals surface area contributed by atoms with Crippen molar-refractivity contribution >= 4 is 38.4 Å². The van der Waals surface area contributed by atoms with Gasteiger partial charge in [-0.15, -0.1) is 0 Å². The number of pyridine rings is 1. The first-order chi connectivity index (χ1) is 16.9. The van der Waals surface area contributed by atoms with E-state index in [1.54, 1.807) is 12.1 Å². The molecule has 1 amide bonds. The Morgan fingerprint density at radius 1 is 0.919 bits per heavy atom. The van der Waals surface area contributed by atoms with Crippen molar-refractivity contribution < 1.29 is 57.8 Å². The maximum Gasteiger partial charge on any atom is 0.457 e. The summed E-state index contributed by atoms with van der Waals surface area (Å²) in [6.07, 6.45) is -12.5. The van der Waals surface area contributed by atoms with Gasteiger partial charge in [-0.2, -0.15) is 43.9 Å². The molecule has 3 rings (SSSR count). The van der Waals surface area contributed by atoms with E-state index in [4.69, 9.17) is 0 Å². The predicted molar refractivity (Wildman–Crippen MR) is 110 cm³/mol. The van der Waals surface area contributed by atoms with E-state index in [1.165, 1.54) is 24.4 Å². The number of anilines is 1. The number of nitrogens with one attached hydrogen (secondary N) is 1. The van der Waals surface area contributed by atoms with Crippen molar-refractivity contribution in [3.8, 4) is 5.75 Å². The number of halogens is 12. The first kappa shape index (κ1) is 28.4. The van der Waals surface area contributed by atoms with E-state index in [1.807, 2.05) is 5.32 Å². The second kappa shape index (κ2) is 9.61. The molecule has 16 heteroatoms. The van der Waals surface area contributed by atoms with Crippen molar-refractivity contribution in [3.63, 3.8) is 0 Å². The summed E-state index contributed by atoms with van der Waals surface area (Å²) in [5, 5.41) is 2.55. The molecule has 2 aromatic carbocycles. The number of fused-ring (bicyclic) bond motifs is 1. The number of alkyl halides is 11. The van der Waals surface area contributed by atoms with Gasteiger partial charge in [0.25, 0.3) is 5.91 Å². The van der Waals surface area contributed by atoms with E-state index in [0.29, 0.717) is 10.9 Å². The minimum Gasteiger partial charge on any atom is -0.433 e. The van der Waals surface area contributed by atoms with E-state index >= 15 is 0 Å². The van der Waals surface area contributed by atoms with Gasteiger partial charge in [0.05, 0.1) is 11.2 Å². The average molecular weight is 611 g/mol. The molecule has 0 spiro atoms. The highest BCUT2D eigenvalue weighted by molar-refractivity contribution is 9.10. The Morgan fingerprint density at radius 3 is 2.14 bits per heavy atom. The van der Waals surface area contributed by atoms with Crippen LogP contribution in [-0.4, -0.2) is 35.8 Å². The first-order valence-corrected chi connectivity index (χ1v) is 10.3. The molecule has 0 aliphatic heterocycles. The number of ether oxygens (including phenoxy) is 1. The molecule has 4 nitrogen and oxygen atoms in total. The number of hydrogen-bond acceptors (Lipinski definition) is 3. The lowest BCUT2D eigenvalue weighted by molar-refractivity contribution is -0.389. The highest BCUT2D eigenvalue weighted by Crippen LogP contribution is 2.59. The van der Waals surface area contributed by atoms with E-state index in [0.717, 1.165) is 0 Å². The van der Waals surface area contributed by atoms with Crippen LogP contribution >= 0.6 is 15.9 Å². The summed E-state index contributed by atoms with van der Waals surface area (Å²) >= 11 is 2.49. The van der Waals surface area contributed by atoms with Gasteiger partial charge in [0, 0.05) is 27.2 Å². The quantitative estimate of drug-likeness (QED) is 0.290. The zero-order chi connectivity index (χ0) is 28.0. The standard InChI is InChI=1S/C21H10BrF11N2O2/c22-12-7-11(18(25,20(28,29)30)19(26,27)21(31,32)33)8-14(37-17(23)24)15(12)35-16(36)10-4-3-9-2-1-5-34-13(9)6-10/h1-8,17H,(H,35,36). The van der Waals surface area contributed by atoms with Gasteiger partial charge in [-0.25, -0.2) is 4.39 Å². The largest absolute Gasteiger partial charge is 0.457 e. The molecule has 0 saturated carbocycles. The molecule has 37 heavy (non-hydrogen) atoms. The smallest absolute Gasteiger partial charge is 0.433 e. The van der Waals surface area contributed by atoms with Crippen LogP contribution in [-0.2, 0) is 5.67 Å². The van der Waals surface area contributed by atoms with E-state index < -0.39 is 64.0 Å². The zero-order valence-corrected chi connectivity index (χ0v) is 19.1. The van der Waals surface area contributed by atoms with Crippen LogP contribution in [0.3, 0.4) is 0 Å². The van der Waals surface area contributed by atoms with Crippen molar-refractivity contribution in [1.29, 1.82) is 0 Å². The van der Waals surface area contributed by atoms with Crippen LogP contribution in [0.25, 0.3) is 10.9 Å². The zero-order valence-electron chi connectivity index (χ0n) is 17.5. The van der Waals surface area contributed by atoms with Crippen molar-refractivity contribution in [2.75, 3.05) is 5.32 Å². The van der Waals surface area contributed by atoms with Crippen LogP contribution in [0.2, 0.25) is 0 Å². The number of hydrogen-bond donors (Lipinski definition) is 1. The van der Waals surface area contributed by atoms with Gasteiger partial charge in [-0.3, -0.25) is 9.78 Å². The number of rotatable bonds is 6. The van der Waals surface area contributed by atoms with Gasteiger partial charge in [-0.1, -0.05) is 12.1 Å². The second-order valence-electron chi connectivity index (χ2n) is 7.30. The summed E-state index contributed by atoms with van der Waals surface area (Å²) in [6.45, 7) is -3.87. The number of aromatic nitrogens is 1. The predicted octanol–water partition coefficient (Wildman–Crippen LogP) is 7.78. The van der Waals surface area contributed by atoms with Gasteiger partial charge >= 0.3 is 30.6 Å². The number of amides is 1. The fourth-order valence-electron chi connectivity index (χ4n) is 3.20. The minimum absolute atomic E-state index is 0.163. The van der Waals surface area contributed by atoms with Gasteiger partial charge < -0.3 is 10.1 Å². The third-order valence-electron chi connectivity index (χ3n) is 4.95. The molecule has 0 aliphatic carbocycles. The Balaban J connectivity index is 2.15. The van der Waals surface area contributed by atoms with E-state index in [2.05, 4.69) is 25.7 Å². The summed E-state index contributed by atoms with van der Waals surface area (Å²) in [7, 11) is 0. The summed E-state index contributed by atoms with van der Waals surface area (Å²) in [4.78, 5) is 16.6. The normalized spacial score (nSPS) is 14.5. The third-order valence-corrected chi connectivity index (χ3v) is 5.58. The van der Waals surface area contributed by atoms with Crippen LogP contribution in [0.4, 0.5) is 54.0 Å². The lowest BCUT2D eigenvalue weighted by Crippen LogP contribution is -2.59. The van der Waals surface area contributed by atoms with Gasteiger partial charge in [0.15, 0.2) is 5.75 Å². The number of carbonyl (C=O) groups is 1. The molecule has 1 atom stereocenters. The Labute approximate surface area is 207 Å². The molecule has 0 bridgehead atoms. The van der Waals surface area contributed by atoms with Crippen molar-refractivity contribution in [1.82, 2.24) is 4.98 Å². The Morgan fingerprint density at radius 2 is 1.57 bits per heavy atom. The summed E-state index contributed by atoms with van der Waals surface area (Å²) in [5.74, 6) is -9.68. The van der Waals surface area contributed by atoms with E-state index in [9.17, 15) is 53.1 Å². The van der Waals surface area contributed by atoms with Crippen LogP contribution in [0.1, 0.15) is 15.9 Å². The van der Waals surface area contributed by atoms with E-state index in [-0.39, 0.29) is 11.6 Å². The Bertz CT molecular complexity index is 1330. The topological polar surface area (TPSA) is 51.2 Å². The number of nitrogens with zero attached hydrogens (tertiary/aromatic N) is 1. The molecule has 0 aliphatic rings. The molecule has 1 unspecified atom stereocenters. The van der Waals surface area contributed by atoms with Crippen LogP contribution in [0.5, 0.6) is 5.75 Å². The average Bonchev–Trinajstić information content (AvgIpc) is 2.78. The molecular weight excluding hydrogens is 601 g/mol. The van der Waals surface area contributed by atoms with Crippen molar-refractivity contribution in [2.45, 2.75) is 30.6 Å². The molecule has 1 aromatic heterocycles. The molecular formula is C21H10BrF11N2O2. The third kappa shape index (κ3) is 5.15.